The van der Waals surface area contributed by atoms with E-state index in [9.17, 15) is 9.59 Å². The molecule has 0 N–H and O–H groups in total. The summed E-state index contributed by atoms with van der Waals surface area (Å²) < 4.78 is 22.1. The number of carbonyl (C=O) groups excluding carboxylic acids is 2. The fourth-order valence-corrected chi connectivity index (χ4v) is 4.83. The van der Waals surface area contributed by atoms with Crippen molar-refractivity contribution in [3.63, 3.8) is 0 Å². The number of nitrogens with zero attached hydrogens (tertiary/aromatic N) is 2. The first-order chi connectivity index (χ1) is 22.6. The maximum atomic E-state index is 13.9. The van der Waals surface area contributed by atoms with Crippen LogP contribution in [0.1, 0.15) is 45.7 Å². The predicted octanol–water partition coefficient (Wildman–Crippen LogP) is 6.50. The Kier molecular flexibility index (Phi) is 14.1. The highest BCUT2D eigenvalue weighted by molar-refractivity contribution is 5.95. The summed E-state index contributed by atoms with van der Waals surface area (Å²) in [6.07, 6.45) is 0. The van der Waals surface area contributed by atoms with Crippen molar-refractivity contribution in [1.29, 1.82) is 0 Å². The molecule has 0 aromatic heterocycles. The molecule has 0 radical (unpaired) electrons. The van der Waals surface area contributed by atoms with E-state index < -0.39 is 0 Å². The molecule has 0 heterocycles. The highest BCUT2D eigenvalue weighted by Crippen LogP contribution is 2.18. The van der Waals surface area contributed by atoms with Crippen molar-refractivity contribution in [2.75, 3.05) is 52.7 Å². The normalized spacial score (nSPS) is 10.7. The van der Waals surface area contributed by atoms with Crippen LogP contribution in [0, 0.1) is 0 Å². The van der Waals surface area contributed by atoms with Gasteiger partial charge in [-0.1, -0.05) is 60.7 Å². The Hall–Kier alpha value is -4.66. The average Bonchev–Trinajstić information content (AvgIpc) is 3.10. The molecule has 4 rings (SSSR count). The summed E-state index contributed by atoms with van der Waals surface area (Å²) in [6.45, 7) is 8.56. The number of amides is 2. The molecule has 8 nitrogen and oxygen atoms in total. The van der Waals surface area contributed by atoms with Gasteiger partial charge in [-0.3, -0.25) is 9.59 Å². The van der Waals surface area contributed by atoms with Gasteiger partial charge in [0.1, 0.15) is 24.7 Å². The Morgan fingerprint density at radius 1 is 0.500 bits per heavy atom. The molecule has 0 atom stereocenters. The molecule has 4 aromatic rings. The van der Waals surface area contributed by atoms with Gasteiger partial charge in [-0.25, -0.2) is 0 Å². The molecule has 0 saturated heterocycles. The van der Waals surface area contributed by atoms with E-state index in [4.69, 9.17) is 18.9 Å². The molecule has 242 valence electrons. The summed E-state index contributed by atoms with van der Waals surface area (Å²) in [5.74, 6) is 1.11. The van der Waals surface area contributed by atoms with E-state index >= 15 is 0 Å². The van der Waals surface area contributed by atoms with Crippen molar-refractivity contribution in [3.05, 3.63) is 131 Å². The number of rotatable bonds is 19. The smallest absolute Gasteiger partial charge is 0.254 e. The largest absolute Gasteiger partial charge is 0.491 e. The molecule has 8 heteroatoms. The molecule has 0 saturated carbocycles. The lowest BCUT2D eigenvalue weighted by Crippen LogP contribution is -2.40. The van der Waals surface area contributed by atoms with Crippen LogP contribution in [0.2, 0.25) is 0 Å². The van der Waals surface area contributed by atoms with Crippen LogP contribution in [-0.2, 0) is 22.6 Å². The van der Waals surface area contributed by atoms with Gasteiger partial charge in [0.15, 0.2) is 0 Å². The Labute approximate surface area is 272 Å². The SMILES string of the molecule is CCOCCOc1ccc(C(=O)N(CCN(Cc2ccccc2)C(=O)c2ccc(OCCOCC)cc2)Cc2ccccc2)cc1. The maximum absolute atomic E-state index is 13.9. The van der Waals surface area contributed by atoms with Crippen molar-refractivity contribution in [1.82, 2.24) is 9.80 Å². The first-order valence-electron chi connectivity index (χ1n) is 15.8. The molecular formula is C38H44N2O6. The van der Waals surface area contributed by atoms with Gasteiger partial charge in [-0.2, -0.15) is 0 Å². The molecule has 0 spiro atoms. The van der Waals surface area contributed by atoms with Gasteiger partial charge in [0.25, 0.3) is 11.8 Å². The zero-order chi connectivity index (χ0) is 32.4. The minimum absolute atomic E-state index is 0.120. The molecule has 0 bridgehead atoms. The minimum atomic E-state index is -0.120. The van der Waals surface area contributed by atoms with Crippen molar-refractivity contribution in [2.24, 2.45) is 0 Å². The van der Waals surface area contributed by atoms with E-state index in [1.54, 1.807) is 58.3 Å². The Morgan fingerprint density at radius 2 is 0.870 bits per heavy atom. The van der Waals surface area contributed by atoms with Gasteiger partial charge in [0.05, 0.1) is 13.2 Å². The van der Waals surface area contributed by atoms with Crippen LogP contribution in [-0.4, -0.2) is 74.3 Å². The van der Waals surface area contributed by atoms with Crippen LogP contribution in [0.4, 0.5) is 0 Å². The van der Waals surface area contributed by atoms with Gasteiger partial charge < -0.3 is 28.7 Å². The summed E-state index contributed by atoms with van der Waals surface area (Å²) in [6, 6.07) is 34.1. The third-order valence-corrected chi connectivity index (χ3v) is 7.25. The number of benzene rings is 4. The van der Waals surface area contributed by atoms with E-state index in [1.807, 2.05) is 74.5 Å². The quantitative estimate of drug-likeness (QED) is 0.111. The summed E-state index contributed by atoms with van der Waals surface area (Å²) in [5, 5.41) is 0. The summed E-state index contributed by atoms with van der Waals surface area (Å²) in [7, 11) is 0. The molecular weight excluding hydrogens is 580 g/mol. The minimum Gasteiger partial charge on any atom is -0.491 e. The van der Waals surface area contributed by atoms with Gasteiger partial charge in [0, 0.05) is 50.5 Å². The third-order valence-electron chi connectivity index (χ3n) is 7.25. The van der Waals surface area contributed by atoms with Gasteiger partial charge >= 0.3 is 0 Å². The number of hydrogen-bond donors (Lipinski definition) is 0. The average molecular weight is 625 g/mol. The van der Waals surface area contributed by atoms with E-state index in [1.165, 1.54) is 0 Å². The maximum Gasteiger partial charge on any atom is 0.254 e. The van der Waals surface area contributed by atoms with Crippen LogP contribution >= 0.6 is 0 Å². The zero-order valence-corrected chi connectivity index (χ0v) is 26.8. The molecule has 2 amide bonds. The first-order valence-corrected chi connectivity index (χ1v) is 15.8. The molecule has 4 aromatic carbocycles. The summed E-state index contributed by atoms with van der Waals surface area (Å²) in [5.41, 5.74) is 3.11. The lowest BCUT2D eigenvalue weighted by atomic mass is 10.1. The first kappa shape index (κ1) is 34.2. The standard InChI is InChI=1S/C38H44N2O6/c1-3-43-25-27-45-35-19-15-33(16-20-35)37(41)39(29-31-11-7-5-8-12-31)23-24-40(30-32-13-9-6-10-14-32)38(42)34-17-21-36(22-18-34)46-28-26-44-4-2/h5-22H,3-4,23-30H2,1-2H3. The van der Waals surface area contributed by atoms with Crippen LogP contribution in [0.5, 0.6) is 11.5 Å². The Balaban J connectivity index is 1.50. The van der Waals surface area contributed by atoms with Crippen molar-refractivity contribution < 1.29 is 28.5 Å². The summed E-state index contributed by atoms with van der Waals surface area (Å²) in [4.78, 5) is 31.3. The number of hydrogen-bond acceptors (Lipinski definition) is 6. The number of ether oxygens (including phenoxy) is 4. The van der Waals surface area contributed by atoms with E-state index in [2.05, 4.69) is 0 Å². The van der Waals surface area contributed by atoms with E-state index in [-0.39, 0.29) is 11.8 Å². The Bertz CT molecular complexity index is 1330. The zero-order valence-electron chi connectivity index (χ0n) is 26.8. The fourth-order valence-electron chi connectivity index (χ4n) is 4.83. The number of carbonyl (C=O) groups is 2. The molecule has 46 heavy (non-hydrogen) atoms. The molecule has 0 unspecified atom stereocenters. The fraction of sp³-hybridized carbons (Fsp3) is 0.316. The molecule has 0 aliphatic carbocycles. The van der Waals surface area contributed by atoms with Gasteiger partial charge in [-0.15, -0.1) is 0 Å². The third kappa shape index (κ3) is 11.1. The highest BCUT2D eigenvalue weighted by atomic mass is 16.5. The van der Waals surface area contributed by atoms with Crippen molar-refractivity contribution >= 4 is 11.8 Å². The second-order valence-corrected chi connectivity index (χ2v) is 10.6. The van der Waals surface area contributed by atoms with Crippen LogP contribution in [0.15, 0.2) is 109 Å². The second-order valence-electron chi connectivity index (χ2n) is 10.6. The topological polar surface area (TPSA) is 77.5 Å². The second kappa shape index (κ2) is 19.0. The van der Waals surface area contributed by atoms with Crippen molar-refractivity contribution in [2.45, 2.75) is 26.9 Å². The Morgan fingerprint density at radius 3 is 1.22 bits per heavy atom. The van der Waals surface area contributed by atoms with Crippen LogP contribution in [0.25, 0.3) is 0 Å². The van der Waals surface area contributed by atoms with E-state index in [0.717, 1.165) is 11.1 Å². The lowest BCUT2D eigenvalue weighted by molar-refractivity contribution is 0.0644. The van der Waals surface area contributed by atoms with Crippen LogP contribution < -0.4 is 9.47 Å². The highest BCUT2D eigenvalue weighted by Gasteiger charge is 2.21. The van der Waals surface area contributed by atoms with Gasteiger partial charge in [0.2, 0.25) is 0 Å². The molecule has 0 aliphatic rings. The monoisotopic (exact) mass is 624 g/mol. The predicted molar refractivity (Wildman–Crippen MR) is 179 cm³/mol. The van der Waals surface area contributed by atoms with Crippen molar-refractivity contribution in [3.8, 4) is 11.5 Å². The lowest BCUT2D eigenvalue weighted by Gasteiger charge is -2.29. The summed E-state index contributed by atoms with van der Waals surface area (Å²) >= 11 is 0. The molecule has 0 aliphatic heterocycles. The van der Waals surface area contributed by atoms with Crippen LogP contribution in [0.3, 0.4) is 0 Å². The van der Waals surface area contributed by atoms with E-state index in [0.29, 0.717) is 88.4 Å². The molecule has 0 fully saturated rings. The van der Waals surface area contributed by atoms with Gasteiger partial charge in [-0.05, 0) is 73.5 Å².